The zero-order valence-corrected chi connectivity index (χ0v) is 8.22. The van der Waals surface area contributed by atoms with Gasteiger partial charge in [-0.3, -0.25) is 0 Å². The summed E-state index contributed by atoms with van der Waals surface area (Å²) in [6, 6.07) is 1.06. The molecule has 1 aromatic carbocycles. The van der Waals surface area contributed by atoms with Gasteiger partial charge in [0.05, 0.1) is 5.02 Å². The van der Waals surface area contributed by atoms with Crippen molar-refractivity contribution in [1.82, 2.24) is 0 Å². The van der Waals surface area contributed by atoms with Gasteiger partial charge in [0.25, 0.3) is 9.05 Å². The molecule has 0 N–H and O–H groups in total. The minimum atomic E-state index is -4.28. The van der Waals surface area contributed by atoms with E-state index in [4.69, 9.17) is 22.3 Å². The first kappa shape index (κ1) is 10.7. The topological polar surface area (TPSA) is 34.1 Å². The third-order valence-electron chi connectivity index (χ3n) is 1.21. The summed E-state index contributed by atoms with van der Waals surface area (Å²) in [6.07, 6.45) is 0. The molecule has 7 heteroatoms. The summed E-state index contributed by atoms with van der Waals surface area (Å²) in [5.41, 5.74) is 0. The average Bonchev–Trinajstić information content (AvgIpc) is 1.78. The maximum Gasteiger partial charge on any atom is 0.265 e. The molecule has 72 valence electrons. The highest BCUT2D eigenvalue weighted by atomic mass is 35.7. The highest BCUT2D eigenvalue weighted by molar-refractivity contribution is 8.13. The van der Waals surface area contributed by atoms with Crippen LogP contribution in [0, 0.1) is 11.6 Å². The van der Waals surface area contributed by atoms with Gasteiger partial charge in [-0.15, -0.1) is 0 Å². The lowest BCUT2D eigenvalue weighted by molar-refractivity contribution is 0.554. The van der Waals surface area contributed by atoms with E-state index in [0.29, 0.717) is 12.1 Å². The molecule has 1 aromatic rings. The van der Waals surface area contributed by atoms with Crippen LogP contribution in [0.25, 0.3) is 0 Å². The normalized spacial score (nSPS) is 11.7. The van der Waals surface area contributed by atoms with Gasteiger partial charge in [-0.1, -0.05) is 11.6 Å². The van der Waals surface area contributed by atoms with Crippen LogP contribution in [0.2, 0.25) is 5.02 Å². The molecular formula is C6H2Cl2F2O2S. The Bertz CT molecular complexity index is 421. The van der Waals surface area contributed by atoms with Crippen molar-refractivity contribution in [3.63, 3.8) is 0 Å². The Morgan fingerprint density at radius 1 is 1.23 bits per heavy atom. The van der Waals surface area contributed by atoms with Crippen LogP contribution in [0.5, 0.6) is 0 Å². The molecule has 13 heavy (non-hydrogen) atoms. The first-order chi connectivity index (χ1) is 5.82. The van der Waals surface area contributed by atoms with Crippen LogP contribution in [0.3, 0.4) is 0 Å². The van der Waals surface area contributed by atoms with Crippen molar-refractivity contribution < 1.29 is 17.2 Å². The van der Waals surface area contributed by atoms with E-state index in [1.807, 2.05) is 0 Å². The van der Waals surface area contributed by atoms with Crippen molar-refractivity contribution in [1.29, 1.82) is 0 Å². The molecule has 0 atom stereocenters. The van der Waals surface area contributed by atoms with Gasteiger partial charge in [0.15, 0.2) is 0 Å². The molecule has 0 aliphatic carbocycles. The smallest absolute Gasteiger partial charge is 0.207 e. The van der Waals surface area contributed by atoms with Crippen LogP contribution in [-0.4, -0.2) is 8.42 Å². The van der Waals surface area contributed by atoms with E-state index in [1.165, 1.54) is 0 Å². The zero-order valence-electron chi connectivity index (χ0n) is 5.89. The average molecular weight is 247 g/mol. The van der Waals surface area contributed by atoms with Crippen molar-refractivity contribution in [3.8, 4) is 0 Å². The standard InChI is InChI=1S/C6H2Cl2F2O2S/c7-4-1-3(9)2-5(10)6(4)13(8,11)12/h1-2H. The van der Waals surface area contributed by atoms with E-state index in [-0.39, 0.29) is 0 Å². The maximum atomic E-state index is 12.8. The maximum absolute atomic E-state index is 12.8. The lowest BCUT2D eigenvalue weighted by Gasteiger charge is -2.01. The van der Waals surface area contributed by atoms with E-state index < -0.39 is 30.6 Å². The summed E-state index contributed by atoms with van der Waals surface area (Å²) in [6.45, 7) is 0. The Hall–Kier alpha value is -0.390. The Balaban J connectivity index is 3.57. The Morgan fingerprint density at radius 3 is 2.15 bits per heavy atom. The fraction of sp³-hybridized carbons (Fsp3) is 0. The summed E-state index contributed by atoms with van der Waals surface area (Å²) >= 11 is 5.28. The van der Waals surface area contributed by atoms with Crippen molar-refractivity contribution in [2.24, 2.45) is 0 Å². The Morgan fingerprint density at radius 2 is 1.77 bits per heavy atom. The number of hydrogen-bond acceptors (Lipinski definition) is 2. The lowest BCUT2D eigenvalue weighted by Crippen LogP contribution is -1.97. The molecule has 0 aliphatic rings. The first-order valence-electron chi connectivity index (χ1n) is 2.91. The Kier molecular flexibility index (Phi) is 2.79. The van der Waals surface area contributed by atoms with Crippen molar-refractivity contribution >= 4 is 31.3 Å². The van der Waals surface area contributed by atoms with Gasteiger partial charge < -0.3 is 0 Å². The van der Waals surface area contributed by atoms with Crippen LogP contribution >= 0.6 is 22.3 Å². The van der Waals surface area contributed by atoms with Gasteiger partial charge in [-0.2, -0.15) is 0 Å². The van der Waals surface area contributed by atoms with Gasteiger partial charge in [0, 0.05) is 16.7 Å². The summed E-state index contributed by atoms with van der Waals surface area (Å²) in [5.74, 6) is -2.27. The van der Waals surface area contributed by atoms with Crippen LogP contribution in [0.1, 0.15) is 0 Å². The number of hydrogen-bond donors (Lipinski definition) is 0. The van der Waals surface area contributed by atoms with Crippen LogP contribution in [-0.2, 0) is 9.05 Å². The zero-order chi connectivity index (χ0) is 10.2. The van der Waals surface area contributed by atoms with Gasteiger partial charge in [0.2, 0.25) is 0 Å². The van der Waals surface area contributed by atoms with Crippen molar-refractivity contribution in [2.75, 3.05) is 0 Å². The van der Waals surface area contributed by atoms with Crippen molar-refractivity contribution in [2.45, 2.75) is 4.90 Å². The van der Waals surface area contributed by atoms with Gasteiger partial charge in [0.1, 0.15) is 16.5 Å². The third kappa shape index (κ3) is 2.30. The second-order valence-corrected chi connectivity index (χ2v) is 5.05. The summed E-state index contributed by atoms with van der Waals surface area (Å²) in [7, 11) is 0.564. The fourth-order valence-electron chi connectivity index (χ4n) is 0.762. The molecule has 0 amide bonds. The van der Waals surface area contributed by atoms with E-state index in [2.05, 4.69) is 0 Å². The van der Waals surface area contributed by atoms with Gasteiger partial charge in [-0.25, -0.2) is 17.2 Å². The molecule has 0 saturated carbocycles. The largest absolute Gasteiger partial charge is 0.265 e. The third-order valence-corrected chi connectivity index (χ3v) is 2.98. The SMILES string of the molecule is O=S(=O)(Cl)c1c(F)cc(F)cc1Cl. The molecule has 0 aromatic heterocycles. The molecule has 0 aliphatic heterocycles. The molecule has 0 spiro atoms. The fourth-order valence-corrected chi connectivity index (χ4v) is 2.43. The van der Waals surface area contributed by atoms with Crippen molar-refractivity contribution in [3.05, 3.63) is 28.8 Å². The second-order valence-electron chi connectivity index (χ2n) is 2.14. The molecule has 2 nitrogen and oxygen atoms in total. The van der Waals surface area contributed by atoms with Gasteiger partial charge >= 0.3 is 0 Å². The predicted octanol–water partition coefficient (Wildman–Crippen LogP) is 2.55. The quantitative estimate of drug-likeness (QED) is 0.714. The molecule has 1 rings (SSSR count). The van der Waals surface area contributed by atoms with Crippen LogP contribution < -0.4 is 0 Å². The molecule has 0 unspecified atom stereocenters. The summed E-state index contributed by atoms with van der Waals surface area (Å²) < 4.78 is 46.7. The second kappa shape index (κ2) is 3.40. The highest BCUT2D eigenvalue weighted by Gasteiger charge is 2.21. The molecule has 0 fully saturated rings. The minimum Gasteiger partial charge on any atom is -0.207 e. The summed E-state index contributed by atoms with van der Waals surface area (Å²) in [4.78, 5) is -0.905. The Labute approximate surface area is 82.5 Å². The lowest BCUT2D eigenvalue weighted by atomic mass is 10.3. The van der Waals surface area contributed by atoms with E-state index in [9.17, 15) is 17.2 Å². The van der Waals surface area contributed by atoms with Gasteiger partial charge in [-0.05, 0) is 6.07 Å². The summed E-state index contributed by atoms with van der Waals surface area (Å²) in [5, 5.41) is -0.576. The molecule has 0 heterocycles. The predicted molar refractivity (Wildman–Crippen MR) is 44.4 cm³/mol. The molecule has 0 radical (unpaired) electrons. The highest BCUT2D eigenvalue weighted by Crippen LogP contribution is 2.28. The monoisotopic (exact) mass is 246 g/mol. The van der Waals surface area contributed by atoms with E-state index in [0.717, 1.165) is 0 Å². The van der Waals surface area contributed by atoms with Crippen LogP contribution in [0.4, 0.5) is 8.78 Å². The molecule has 0 saturated heterocycles. The van der Waals surface area contributed by atoms with E-state index >= 15 is 0 Å². The number of halogens is 4. The number of rotatable bonds is 1. The van der Waals surface area contributed by atoms with E-state index in [1.54, 1.807) is 0 Å². The minimum absolute atomic E-state index is 0.390. The molecule has 0 bridgehead atoms. The van der Waals surface area contributed by atoms with Crippen LogP contribution in [0.15, 0.2) is 17.0 Å². The molecular weight excluding hydrogens is 245 g/mol. The first-order valence-corrected chi connectivity index (χ1v) is 5.60. The number of benzene rings is 1.